The maximum atomic E-state index is 12.6. The molecule has 0 spiro atoms. The quantitative estimate of drug-likeness (QED) is 0.710. The minimum absolute atomic E-state index is 0.154. The van der Waals surface area contributed by atoms with Crippen molar-refractivity contribution in [3.05, 3.63) is 17.6 Å². The average molecular weight is 371 g/mol. The summed E-state index contributed by atoms with van der Waals surface area (Å²) in [7, 11) is -0.118. The fourth-order valence-corrected chi connectivity index (χ4v) is 4.38. The summed E-state index contributed by atoms with van der Waals surface area (Å²) in [5, 5.41) is 6.45. The summed E-state index contributed by atoms with van der Waals surface area (Å²) in [4.78, 5) is 9.10. The largest absolute Gasteiger partial charge is 0.373 e. The van der Waals surface area contributed by atoms with E-state index in [1.807, 2.05) is 27.0 Å². The van der Waals surface area contributed by atoms with Crippen molar-refractivity contribution in [1.29, 1.82) is 0 Å². The van der Waals surface area contributed by atoms with Crippen LogP contribution in [-0.4, -0.2) is 67.3 Å². The minimum atomic E-state index is -3.50. The van der Waals surface area contributed by atoms with Crippen LogP contribution in [0.2, 0.25) is 0 Å². The van der Waals surface area contributed by atoms with Crippen molar-refractivity contribution in [1.82, 2.24) is 23.9 Å². The van der Waals surface area contributed by atoms with Gasteiger partial charge in [0.1, 0.15) is 11.6 Å². The predicted molar refractivity (Wildman–Crippen MR) is 99.7 cm³/mol. The molecule has 8 nitrogen and oxygen atoms in total. The first-order valence-corrected chi connectivity index (χ1v) is 10.3. The van der Waals surface area contributed by atoms with Crippen LogP contribution in [0, 0.1) is 0 Å². The molecule has 25 heavy (non-hydrogen) atoms. The Morgan fingerprint density at radius 1 is 1.32 bits per heavy atom. The van der Waals surface area contributed by atoms with E-state index in [-0.39, 0.29) is 6.54 Å². The molecule has 0 amide bonds. The molecule has 2 heterocycles. The molecule has 1 aromatic rings. The van der Waals surface area contributed by atoms with Gasteiger partial charge in [0, 0.05) is 45.7 Å². The normalized spacial score (nSPS) is 18.7. The van der Waals surface area contributed by atoms with Crippen molar-refractivity contribution in [2.24, 2.45) is 0 Å². The zero-order chi connectivity index (χ0) is 18.4. The zero-order valence-electron chi connectivity index (χ0n) is 15.6. The van der Waals surface area contributed by atoms with Crippen LogP contribution in [0.15, 0.2) is 6.07 Å². The molecule has 1 saturated heterocycles. The van der Waals surface area contributed by atoms with Crippen LogP contribution < -0.4 is 10.6 Å². The topological polar surface area (TPSA) is 90.5 Å². The van der Waals surface area contributed by atoms with Gasteiger partial charge in [0.2, 0.25) is 0 Å². The number of hydrogen-bond acceptors (Lipinski definition) is 6. The van der Waals surface area contributed by atoms with Crippen molar-refractivity contribution in [2.45, 2.75) is 39.2 Å². The highest BCUT2D eigenvalue weighted by atomic mass is 32.2. The van der Waals surface area contributed by atoms with Gasteiger partial charge in [-0.15, -0.1) is 0 Å². The second kappa shape index (κ2) is 8.88. The number of rotatable bonds is 8. The lowest BCUT2D eigenvalue weighted by Gasteiger charge is -2.26. The second-order valence-electron chi connectivity index (χ2n) is 6.24. The van der Waals surface area contributed by atoms with Gasteiger partial charge in [0.05, 0.1) is 12.2 Å². The molecule has 0 aromatic carbocycles. The van der Waals surface area contributed by atoms with Gasteiger partial charge in [0.15, 0.2) is 0 Å². The highest BCUT2D eigenvalue weighted by Crippen LogP contribution is 2.23. The van der Waals surface area contributed by atoms with Gasteiger partial charge < -0.3 is 10.6 Å². The summed E-state index contributed by atoms with van der Waals surface area (Å²) in [5.41, 5.74) is 0.968. The Kier molecular flexibility index (Phi) is 7.12. The third-order valence-corrected chi connectivity index (χ3v) is 6.64. The van der Waals surface area contributed by atoms with Crippen molar-refractivity contribution in [3.63, 3.8) is 0 Å². The highest BCUT2D eigenvalue weighted by molar-refractivity contribution is 7.86. The molecule has 1 fully saturated rings. The molecular weight excluding hydrogens is 340 g/mol. The molecule has 9 heteroatoms. The van der Waals surface area contributed by atoms with Crippen molar-refractivity contribution in [2.75, 3.05) is 45.6 Å². The van der Waals surface area contributed by atoms with Crippen LogP contribution in [0.25, 0.3) is 0 Å². The van der Waals surface area contributed by atoms with Gasteiger partial charge in [-0.1, -0.05) is 13.8 Å². The lowest BCUT2D eigenvalue weighted by atomic mass is 9.96. The van der Waals surface area contributed by atoms with E-state index in [0.717, 1.165) is 37.4 Å². The number of nitrogens with zero attached hydrogens (tertiary/aromatic N) is 4. The maximum absolute atomic E-state index is 12.6. The molecule has 142 valence electrons. The summed E-state index contributed by atoms with van der Waals surface area (Å²) >= 11 is 0. The van der Waals surface area contributed by atoms with E-state index < -0.39 is 10.2 Å². The minimum Gasteiger partial charge on any atom is -0.373 e. The lowest BCUT2D eigenvalue weighted by Crippen LogP contribution is -2.41. The van der Waals surface area contributed by atoms with Gasteiger partial charge in [-0.3, -0.25) is 0 Å². The van der Waals surface area contributed by atoms with Crippen molar-refractivity contribution in [3.8, 4) is 0 Å². The Hall–Kier alpha value is -1.29. The Balaban J connectivity index is 2.23. The highest BCUT2D eigenvalue weighted by Gasteiger charge is 2.26. The smallest absolute Gasteiger partial charge is 0.282 e. The summed E-state index contributed by atoms with van der Waals surface area (Å²) in [5.74, 6) is 1.58. The first kappa shape index (κ1) is 20.0. The van der Waals surface area contributed by atoms with Crippen LogP contribution in [0.5, 0.6) is 0 Å². The SMILES string of the molecule is CCN(CC)S(=O)(=O)N(C)Cc1nc(NC)cc(C2CCCNC2)n1. The molecule has 0 bridgehead atoms. The van der Waals surface area contributed by atoms with Crippen LogP contribution in [0.3, 0.4) is 0 Å². The fourth-order valence-electron chi connectivity index (χ4n) is 3.06. The Labute approximate surface area is 151 Å². The van der Waals surface area contributed by atoms with Crippen LogP contribution >= 0.6 is 0 Å². The van der Waals surface area contributed by atoms with Gasteiger partial charge in [-0.25, -0.2) is 9.97 Å². The second-order valence-corrected chi connectivity index (χ2v) is 8.27. The zero-order valence-corrected chi connectivity index (χ0v) is 16.4. The van der Waals surface area contributed by atoms with E-state index >= 15 is 0 Å². The van der Waals surface area contributed by atoms with Gasteiger partial charge in [-0.2, -0.15) is 17.0 Å². The van der Waals surface area contributed by atoms with Gasteiger partial charge >= 0.3 is 0 Å². The molecule has 2 N–H and O–H groups in total. The Bertz CT molecular complexity index is 657. The summed E-state index contributed by atoms with van der Waals surface area (Å²) < 4.78 is 28.0. The molecule has 2 rings (SSSR count). The third-order valence-electron chi connectivity index (χ3n) is 4.55. The first-order valence-electron chi connectivity index (χ1n) is 8.90. The van der Waals surface area contributed by atoms with Crippen LogP contribution in [-0.2, 0) is 16.8 Å². The third kappa shape index (κ3) is 4.87. The van der Waals surface area contributed by atoms with Gasteiger partial charge in [-0.05, 0) is 19.4 Å². The summed E-state index contributed by atoms with van der Waals surface area (Å²) in [6.07, 6.45) is 2.20. The first-order chi connectivity index (χ1) is 11.9. The molecular formula is C16H30N6O2S. The molecule has 0 aliphatic carbocycles. The van der Waals surface area contributed by atoms with E-state index in [1.165, 1.54) is 8.61 Å². The molecule has 1 aliphatic rings. The van der Waals surface area contributed by atoms with Crippen LogP contribution in [0.4, 0.5) is 5.82 Å². The monoisotopic (exact) mass is 370 g/mol. The maximum Gasteiger partial charge on any atom is 0.282 e. The van der Waals surface area contributed by atoms with Crippen LogP contribution in [0.1, 0.15) is 44.1 Å². The fraction of sp³-hybridized carbons (Fsp3) is 0.750. The van der Waals surface area contributed by atoms with E-state index in [9.17, 15) is 8.42 Å². The van der Waals surface area contributed by atoms with E-state index in [0.29, 0.717) is 24.8 Å². The Morgan fingerprint density at radius 3 is 2.60 bits per heavy atom. The molecule has 1 aliphatic heterocycles. The lowest BCUT2D eigenvalue weighted by molar-refractivity contribution is 0.370. The molecule has 1 unspecified atom stereocenters. The van der Waals surface area contributed by atoms with Crippen molar-refractivity contribution >= 4 is 16.0 Å². The summed E-state index contributed by atoms with van der Waals surface area (Å²) in [6, 6.07) is 1.96. The number of anilines is 1. The molecule has 1 aromatic heterocycles. The number of nitrogens with one attached hydrogen (secondary N) is 2. The number of aromatic nitrogens is 2. The molecule has 1 atom stereocenters. The van der Waals surface area contributed by atoms with E-state index in [1.54, 1.807) is 7.05 Å². The van der Waals surface area contributed by atoms with Gasteiger partial charge in [0.25, 0.3) is 10.2 Å². The van der Waals surface area contributed by atoms with E-state index in [4.69, 9.17) is 0 Å². The number of hydrogen-bond donors (Lipinski definition) is 2. The molecule has 0 saturated carbocycles. The Morgan fingerprint density at radius 2 is 2.04 bits per heavy atom. The van der Waals surface area contributed by atoms with E-state index in [2.05, 4.69) is 20.6 Å². The molecule has 0 radical (unpaired) electrons. The predicted octanol–water partition coefficient (Wildman–Crippen LogP) is 1.00. The standard InChI is InChI=1S/C16H30N6O2S/c1-5-22(6-2)25(23,24)21(4)12-16-19-14(10-15(17-3)20-16)13-8-7-9-18-11-13/h10,13,18H,5-9,11-12H2,1-4H3,(H,17,19,20). The van der Waals surface area contributed by atoms with Crippen molar-refractivity contribution < 1.29 is 8.42 Å². The summed E-state index contributed by atoms with van der Waals surface area (Å²) in [6.45, 7) is 6.65. The number of piperidine rings is 1. The average Bonchev–Trinajstić information content (AvgIpc) is 2.62.